The molecule has 0 aliphatic heterocycles. The van der Waals surface area contributed by atoms with Crippen molar-refractivity contribution in [1.29, 1.82) is 5.26 Å². The molecule has 0 saturated carbocycles. The zero-order valence-electron chi connectivity index (χ0n) is 10.5. The number of hydrogen-bond acceptors (Lipinski definition) is 4. The van der Waals surface area contributed by atoms with E-state index >= 15 is 0 Å². The molecule has 0 aromatic heterocycles. The number of nitriles is 1. The van der Waals surface area contributed by atoms with E-state index < -0.39 is 4.92 Å². The van der Waals surface area contributed by atoms with Crippen LogP contribution in [0.3, 0.4) is 0 Å². The summed E-state index contributed by atoms with van der Waals surface area (Å²) in [5.41, 5.74) is 1.08. The fraction of sp³-hybridized carbons (Fsp3) is 0.0714. The minimum Gasteiger partial charge on any atom is -0.449 e. The summed E-state index contributed by atoms with van der Waals surface area (Å²) in [6.07, 6.45) is 0. The fourth-order valence-corrected chi connectivity index (χ4v) is 1.84. The zero-order chi connectivity index (χ0) is 14.7. The lowest BCUT2D eigenvalue weighted by molar-refractivity contribution is -0.385. The quantitative estimate of drug-likeness (QED) is 0.626. The van der Waals surface area contributed by atoms with Gasteiger partial charge in [-0.25, -0.2) is 0 Å². The van der Waals surface area contributed by atoms with Crippen molar-refractivity contribution in [1.82, 2.24) is 0 Å². The molecule has 100 valence electrons. The zero-order valence-corrected chi connectivity index (χ0v) is 11.2. The minimum absolute atomic E-state index is 0.113. The van der Waals surface area contributed by atoms with Gasteiger partial charge in [0, 0.05) is 6.07 Å². The second-order valence-corrected chi connectivity index (χ2v) is 4.49. The fourth-order valence-electron chi connectivity index (χ4n) is 1.63. The highest BCUT2D eigenvalue weighted by atomic mass is 35.5. The second kappa shape index (κ2) is 5.59. The Morgan fingerprint density at radius 2 is 2.00 bits per heavy atom. The van der Waals surface area contributed by atoms with Gasteiger partial charge in [0.15, 0.2) is 0 Å². The van der Waals surface area contributed by atoms with E-state index in [-0.39, 0.29) is 22.2 Å². The molecule has 0 heterocycles. The third kappa shape index (κ3) is 2.87. The van der Waals surface area contributed by atoms with E-state index in [0.717, 1.165) is 5.56 Å². The molecule has 0 fully saturated rings. The SMILES string of the molecule is Cc1ccc([N+](=O)[O-])c(Oc2ccc(C#N)cc2Cl)c1. The van der Waals surface area contributed by atoms with Gasteiger partial charge in [-0.3, -0.25) is 10.1 Å². The highest BCUT2D eigenvalue weighted by molar-refractivity contribution is 6.32. The van der Waals surface area contributed by atoms with Crippen molar-refractivity contribution >= 4 is 17.3 Å². The summed E-state index contributed by atoms with van der Waals surface area (Å²) >= 11 is 5.98. The molecule has 2 aromatic rings. The Labute approximate surface area is 120 Å². The third-order valence-corrected chi connectivity index (χ3v) is 2.89. The van der Waals surface area contributed by atoms with E-state index in [1.165, 1.54) is 24.3 Å². The van der Waals surface area contributed by atoms with Gasteiger partial charge in [0.1, 0.15) is 5.75 Å². The average Bonchev–Trinajstić information content (AvgIpc) is 2.40. The molecule has 0 atom stereocenters. The smallest absolute Gasteiger partial charge is 0.311 e. The van der Waals surface area contributed by atoms with Gasteiger partial charge in [-0.2, -0.15) is 5.26 Å². The second-order valence-electron chi connectivity index (χ2n) is 4.09. The normalized spacial score (nSPS) is 9.85. The maximum absolute atomic E-state index is 11.0. The van der Waals surface area contributed by atoms with Gasteiger partial charge in [-0.1, -0.05) is 17.7 Å². The number of hydrogen-bond donors (Lipinski definition) is 0. The molecule has 0 saturated heterocycles. The molecular formula is C14H9ClN2O3. The number of benzene rings is 2. The van der Waals surface area contributed by atoms with Gasteiger partial charge in [0.2, 0.25) is 5.75 Å². The van der Waals surface area contributed by atoms with Crippen LogP contribution < -0.4 is 4.74 Å². The molecule has 2 rings (SSSR count). The van der Waals surface area contributed by atoms with Gasteiger partial charge in [0.05, 0.1) is 21.6 Å². The van der Waals surface area contributed by atoms with Crippen LogP contribution >= 0.6 is 11.6 Å². The van der Waals surface area contributed by atoms with Gasteiger partial charge in [-0.15, -0.1) is 0 Å². The molecule has 6 heteroatoms. The molecule has 0 aliphatic rings. The van der Waals surface area contributed by atoms with Crippen LogP contribution in [0.4, 0.5) is 5.69 Å². The van der Waals surface area contributed by atoms with E-state index in [9.17, 15) is 10.1 Å². The molecule has 5 nitrogen and oxygen atoms in total. The molecule has 20 heavy (non-hydrogen) atoms. The van der Waals surface area contributed by atoms with Crippen LogP contribution in [0.25, 0.3) is 0 Å². The molecule has 0 N–H and O–H groups in total. The summed E-state index contributed by atoms with van der Waals surface area (Å²) in [6.45, 7) is 1.80. The number of halogens is 1. The predicted molar refractivity (Wildman–Crippen MR) is 74.1 cm³/mol. The molecule has 0 amide bonds. The van der Waals surface area contributed by atoms with E-state index in [0.29, 0.717) is 5.56 Å². The molecule has 0 radical (unpaired) electrons. The Bertz CT molecular complexity index is 723. The van der Waals surface area contributed by atoms with Crippen molar-refractivity contribution in [3.05, 3.63) is 62.7 Å². The Morgan fingerprint density at radius 1 is 1.25 bits per heavy atom. The Kier molecular flexibility index (Phi) is 3.87. The highest BCUT2D eigenvalue weighted by Gasteiger charge is 2.16. The van der Waals surface area contributed by atoms with Gasteiger partial charge in [-0.05, 0) is 36.8 Å². The Morgan fingerprint density at radius 3 is 2.60 bits per heavy atom. The van der Waals surface area contributed by atoms with Gasteiger partial charge in [0.25, 0.3) is 0 Å². The van der Waals surface area contributed by atoms with Crippen molar-refractivity contribution in [3.63, 3.8) is 0 Å². The first-order valence-electron chi connectivity index (χ1n) is 5.64. The molecule has 0 aliphatic carbocycles. The van der Waals surface area contributed by atoms with Gasteiger partial charge < -0.3 is 4.74 Å². The minimum atomic E-state index is -0.522. The van der Waals surface area contributed by atoms with Crippen LogP contribution in [0.1, 0.15) is 11.1 Å². The lowest BCUT2D eigenvalue weighted by Gasteiger charge is -2.08. The maximum Gasteiger partial charge on any atom is 0.311 e. The summed E-state index contributed by atoms with van der Waals surface area (Å²) in [4.78, 5) is 10.4. The highest BCUT2D eigenvalue weighted by Crippen LogP contribution is 2.35. The molecule has 0 spiro atoms. The monoisotopic (exact) mass is 288 g/mol. The lowest BCUT2D eigenvalue weighted by Crippen LogP contribution is -1.94. The third-order valence-electron chi connectivity index (χ3n) is 2.59. The Hall–Kier alpha value is -2.58. The summed E-state index contributed by atoms with van der Waals surface area (Å²) in [7, 11) is 0. The molecular weight excluding hydrogens is 280 g/mol. The van der Waals surface area contributed by atoms with E-state index in [1.54, 1.807) is 19.1 Å². The number of nitro benzene ring substituents is 1. The summed E-state index contributed by atoms with van der Waals surface area (Å²) in [5.74, 6) is 0.376. The molecule has 2 aromatic carbocycles. The van der Waals surface area contributed by atoms with E-state index in [2.05, 4.69) is 0 Å². The van der Waals surface area contributed by atoms with Crippen LogP contribution in [0, 0.1) is 28.4 Å². The van der Waals surface area contributed by atoms with Crippen LogP contribution in [0.15, 0.2) is 36.4 Å². The average molecular weight is 289 g/mol. The largest absolute Gasteiger partial charge is 0.449 e. The number of ether oxygens (including phenoxy) is 1. The Balaban J connectivity index is 2.42. The molecule has 0 bridgehead atoms. The first-order valence-corrected chi connectivity index (χ1v) is 6.01. The lowest BCUT2D eigenvalue weighted by atomic mass is 10.2. The van der Waals surface area contributed by atoms with E-state index in [4.69, 9.17) is 21.6 Å². The predicted octanol–water partition coefficient (Wildman–Crippen LogP) is 4.22. The van der Waals surface area contributed by atoms with Crippen molar-refractivity contribution < 1.29 is 9.66 Å². The van der Waals surface area contributed by atoms with Gasteiger partial charge >= 0.3 is 5.69 Å². The first-order chi connectivity index (χ1) is 9.51. The van der Waals surface area contributed by atoms with Crippen molar-refractivity contribution in [2.45, 2.75) is 6.92 Å². The van der Waals surface area contributed by atoms with Crippen LogP contribution in [-0.4, -0.2) is 4.92 Å². The standard InChI is InChI=1S/C14H9ClN2O3/c1-9-2-4-12(17(18)19)14(6-9)20-13-5-3-10(8-16)7-11(13)15/h2-7H,1H3. The van der Waals surface area contributed by atoms with Crippen molar-refractivity contribution in [2.75, 3.05) is 0 Å². The van der Waals surface area contributed by atoms with Crippen LogP contribution in [-0.2, 0) is 0 Å². The first kappa shape index (κ1) is 13.8. The maximum atomic E-state index is 11.0. The molecule has 0 unspecified atom stereocenters. The van der Waals surface area contributed by atoms with Crippen LogP contribution in [0.2, 0.25) is 5.02 Å². The van der Waals surface area contributed by atoms with E-state index in [1.807, 2.05) is 6.07 Å². The number of rotatable bonds is 3. The topological polar surface area (TPSA) is 76.2 Å². The summed E-state index contributed by atoms with van der Waals surface area (Å²) < 4.78 is 5.50. The van der Waals surface area contributed by atoms with Crippen LogP contribution in [0.5, 0.6) is 11.5 Å². The number of nitro groups is 1. The summed E-state index contributed by atoms with van der Waals surface area (Å²) in [6, 6.07) is 11.0. The number of aryl methyl sites for hydroxylation is 1. The number of nitrogens with zero attached hydrogens (tertiary/aromatic N) is 2. The van der Waals surface area contributed by atoms with Crippen molar-refractivity contribution in [3.8, 4) is 17.6 Å². The van der Waals surface area contributed by atoms with Crippen molar-refractivity contribution in [2.24, 2.45) is 0 Å². The summed E-state index contributed by atoms with van der Waals surface area (Å²) in [5, 5.41) is 19.9.